The fraction of sp³-hybridized carbons (Fsp3) is 0.400. The van der Waals surface area contributed by atoms with Crippen LogP contribution in [0, 0.1) is 5.92 Å². The predicted molar refractivity (Wildman–Crippen MR) is 78.8 cm³/mol. The van der Waals surface area contributed by atoms with E-state index in [1.165, 1.54) is 0 Å². The van der Waals surface area contributed by atoms with Crippen LogP contribution in [0.25, 0.3) is 0 Å². The second-order valence-corrected chi connectivity index (χ2v) is 5.32. The van der Waals surface area contributed by atoms with Crippen molar-refractivity contribution < 1.29 is 28.6 Å². The zero-order chi connectivity index (χ0) is 17.0. The Bertz CT molecular complexity index is 616. The molecule has 0 saturated heterocycles. The average Bonchev–Trinajstić information content (AvgIpc) is 2.50. The standard InChI is InChI=1S/C15H18N2O6/c1-8(2)12(13(18)17-15(16)20)23-14(19)11-7-21-9-5-3-4-6-10(9)22-11/h3-6,8,11-12H,7H2,1-2H3,(H3,16,17,18,20)/t11-,12-/m0/s1. The van der Waals surface area contributed by atoms with E-state index in [4.69, 9.17) is 19.9 Å². The third-order valence-electron chi connectivity index (χ3n) is 3.12. The lowest BCUT2D eigenvalue weighted by molar-refractivity contribution is -0.167. The van der Waals surface area contributed by atoms with Gasteiger partial charge < -0.3 is 19.9 Å². The SMILES string of the molecule is CC(C)[C@H](OC(=O)[C@@H]1COc2ccccc2O1)C(=O)NC(N)=O. The lowest BCUT2D eigenvalue weighted by Gasteiger charge is -2.27. The van der Waals surface area contributed by atoms with Crippen LogP contribution in [-0.2, 0) is 14.3 Å². The Balaban J connectivity index is 2.02. The maximum atomic E-state index is 12.2. The molecule has 8 heteroatoms. The summed E-state index contributed by atoms with van der Waals surface area (Å²) in [4.78, 5) is 34.8. The maximum Gasteiger partial charge on any atom is 0.351 e. The minimum Gasteiger partial charge on any atom is -0.485 e. The third-order valence-corrected chi connectivity index (χ3v) is 3.12. The van der Waals surface area contributed by atoms with Crippen LogP contribution >= 0.6 is 0 Å². The van der Waals surface area contributed by atoms with Gasteiger partial charge in [-0.1, -0.05) is 26.0 Å². The fourth-order valence-electron chi connectivity index (χ4n) is 2.02. The van der Waals surface area contributed by atoms with Crippen molar-refractivity contribution in [1.82, 2.24) is 5.32 Å². The highest BCUT2D eigenvalue weighted by atomic mass is 16.6. The number of benzene rings is 1. The second-order valence-electron chi connectivity index (χ2n) is 5.32. The molecule has 1 aliphatic rings. The van der Waals surface area contributed by atoms with Crippen LogP contribution < -0.4 is 20.5 Å². The summed E-state index contributed by atoms with van der Waals surface area (Å²) in [5, 5.41) is 1.90. The van der Waals surface area contributed by atoms with E-state index in [0.29, 0.717) is 11.5 Å². The number of fused-ring (bicyclic) bond motifs is 1. The molecule has 0 spiro atoms. The van der Waals surface area contributed by atoms with Crippen LogP contribution in [-0.4, -0.2) is 36.7 Å². The van der Waals surface area contributed by atoms with Gasteiger partial charge in [0.1, 0.15) is 6.61 Å². The zero-order valence-corrected chi connectivity index (χ0v) is 12.8. The van der Waals surface area contributed by atoms with Crippen molar-refractivity contribution in [2.24, 2.45) is 11.7 Å². The number of carbonyl (C=O) groups is 3. The second kappa shape index (κ2) is 6.99. The van der Waals surface area contributed by atoms with Gasteiger partial charge in [0.15, 0.2) is 17.6 Å². The first kappa shape index (κ1) is 16.6. The molecule has 2 atom stereocenters. The van der Waals surface area contributed by atoms with Crippen molar-refractivity contribution in [2.75, 3.05) is 6.61 Å². The zero-order valence-electron chi connectivity index (χ0n) is 12.8. The minimum atomic E-state index is -1.16. The van der Waals surface area contributed by atoms with Crippen molar-refractivity contribution in [1.29, 1.82) is 0 Å². The summed E-state index contributed by atoms with van der Waals surface area (Å²) < 4.78 is 16.1. The smallest absolute Gasteiger partial charge is 0.351 e. The van der Waals surface area contributed by atoms with E-state index < -0.39 is 30.1 Å². The molecule has 0 fully saturated rings. The number of urea groups is 1. The first-order valence-corrected chi connectivity index (χ1v) is 7.07. The van der Waals surface area contributed by atoms with E-state index in [2.05, 4.69) is 0 Å². The van der Waals surface area contributed by atoms with Gasteiger partial charge in [0.05, 0.1) is 0 Å². The van der Waals surface area contributed by atoms with Gasteiger partial charge in [-0.05, 0) is 18.1 Å². The number of rotatable bonds is 4. The molecule has 1 aromatic carbocycles. The molecule has 0 radical (unpaired) electrons. The number of ether oxygens (including phenoxy) is 3. The summed E-state index contributed by atoms with van der Waals surface area (Å²) in [6.07, 6.45) is -2.15. The third kappa shape index (κ3) is 4.12. The normalized spacial score (nSPS) is 17.3. The lowest BCUT2D eigenvalue weighted by atomic mass is 10.1. The van der Waals surface area contributed by atoms with Crippen molar-refractivity contribution in [3.63, 3.8) is 0 Å². The van der Waals surface area contributed by atoms with Crippen molar-refractivity contribution >= 4 is 17.9 Å². The molecule has 3 amide bonds. The van der Waals surface area contributed by atoms with Gasteiger partial charge in [-0.3, -0.25) is 10.1 Å². The number of amides is 3. The minimum absolute atomic E-state index is 0.0297. The maximum absolute atomic E-state index is 12.2. The summed E-state index contributed by atoms with van der Waals surface area (Å²) in [7, 11) is 0. The van der Waals surface area contributed by atoms with Gasteiger partial charge in [-0.2, -0.15) is 0 Å². The van der Waals surface area contributed by atoms with E-state index in [0.717, 1.165) is 0 Å². The van der Waals surface area contributed by atoms with Crippen LogP contribution in [0.3, 0.4) is 0 Å². The molecular weight excluding hydrogens is 304 g/mol. The van der Waals surface area contributed by atoms with Gasteiger partial charge in [0, 0.05) is 0 Å². The fourth-order valence-corrected chi connectivity index (χ4v) is 2.02. The van der Waals surface area contributed by atoms with Crippen molar-refractivity contribution in [2.45, 2.75) is 26.1 Å². The molecule has 1 aromatic rings. The molecular formula is C15H18N2O6. The lowest BCUT2D eigenvalue weighted by Crippen LogP contribution is -2.48. The number of nitrogens with one attached hydrogen (secondary N) is 1. The average molecular weight is 322 g/mol. The van der Waals surface area contributed by atoms with Gasteiger partial charge in [0.2, 0.25) is 6.10 Å². The molecule has 2 rings (SSSR count). The molecule has 0 aliphatic carbocycles. The summed E-state index contributed by atoms with van der Waals surface area (Å²) in [5.41, 5.74) is 4.90. The van der Waals surface area contributed by atoms with E-state index in [1.807, 2.05) is 5.32 Å². The molecule has 124 valence electrons. The highest BCUT2D eigenvalue weighted by Crippen LogP contribution is 2.31. The number of hydrogen-bond donors (Lipinski definition) is 2. The molecule has 23 heavy (non-hydrogen) atoms. The molecule has 0 aromatic heterocycles. The van der Waals surface area contributed by atoms with E-state index >= 15 is 0 Å². The monoisotopic (exact) mass is 322 g/mol. The highest BCUT2D eigenvalue weighted by Gasteiger charge is 2.34. The number of primary amides is 1. The molecule has 8 nitrogen and oxygen atoms in total. The first-order chi connectivity index (χ1) is 10.9. The van der Waals surface area contributed by atoms with Gasteiger partial charge in [-0.15, -0.1) is 0 Å². The van der Waals surface area contributed by atoms with Gasteiger partial charge in [0.25, 0.3) is 5.91 Å². The molecule has 3 N–H and O–H groups in total. The number of imide groups is 1. The van der Waals surface area contributed by atoms with Gasteiger partial charge >= 0.3 is 12.0 Å². The summed E-state index contributed by atoms with van der Waals surface area (Å²) in [5.74, 6) is -0.933. The van der Waals surface area contributed by atoms with Crippen molar-refractivity contribution in [3.8, 4) is 11.5 Å². The van der Waals surface area contributed by atoms with E-state index in [-0.39, 0.29) is 12.5 Å². The Hall–Kier alpha value is -2.77. The highest BCUT2D eigenvalue weighted by molar-refractivity contribution is 5.97. The molecule has 1 aliphatic heterocycles. The number of esters is 1. The Kier molecular flexibility index (Phi) is 5.05. The van der Waals surface area contributed by atoms with E-state index in [1.54, 1.807) is 38.1 Å². The first-order valence-electron chi connectivity index (χ1n) is 7.07. The van der Waals surface area contributed by atoms with Crippen LogP contribution in [0.15, 0.2) is 24.3 Å². The quantitative estimate of drug-likeness (QED) is 0.784. The molecule has 0 bridgehead atoms. The Labute approximate surface area is 132 Å². The largest absolute Gasteiger partial charge is 0.485 e. The van der Waals surface area contributed by atoms with Crippen LogP contribution in [0.5, 0.6) is 11.5 Å². The summed E-state index contributed by atoms with van der Waals surface area (Å²) >= 11 is 0. The van der Waals surface area contributed by atoms with E-state index in [9.17, 15) is 14.4 Å². The van der Waals surface area contributed by atoms with Crippen molar-refractivity contribution in [3.05, 3.63) is 24.3 Å². The number of carbonyl (C=O) groups excluding carboxylic acids is 3. The Morgan fingerprint density at radius 2 is 1.91 bits per heavy atom. The summed E-state index contributed by atoms with van der Waals surface area (Å²) in [6.45, 7) is 3.32. The van der Waals surface area contributed by atoms with Crippen LogP contribution in [0.1, 0.15) is 13.8 Å². The summed E-state index contributed by atoms with van der Waals surface area (Å²) in [6, 6.07) is 5.89. The van der Waals surface area contributed by atoms with Gasteiger partial charge in [-0.25, -0.2) is 9.59 Å². The predicted octanol–water partition coefficient (Wildman–Crippen LogP) is 0.589. The number of nitrogens with two attached hydrogens (primary N) is 1. The number of hydrogen-bond acceptors (Lipinski definition) is 6. The topological polar surface area (TPSA) is 117 Å². The Morgan fingerprint density at radius 1 is 1.26 bits per heavy atom. The van der Waals surface area contributed by atoms with Crippen LogP contribution in [0.2, 0.25) is 0 Å². The molecule has 0 saturated carbocycles. The Morgan fingerprint density at radius 3 is 2.52 bits per heavy atom. The molecule has 1 heterocycles. The van der Waals surface area contributed by atoms with Crippen LogP contribution in [0.4, 0.5) is 4.79 Å². The number of para-hydroxylation sites is 2. The molecule has 0 unspecified atom stereocenters.